The molecule has 0 aromatic heterocycles. The van der Waals surface area contributed by atoms with Crippen molar-refractivity contribution in [1.29, 1.82) is 0 Å². The Morgan fingerprint density at radius 3 is 2.88 bits per heavy atom. The van der Waals surface area contributed by atoms with E-state index < -0.39 is 0 Å². The average Bonchev–Trinajstić information content (AvgIpc) is 2.37. The van der Waals surface area contributed by atoms with Gasteiger partial charge in [0.15, 0.2) is 0 Å². The van der Waals surface area contributed by atoms with Crippen LogP contribution < -0.4 is 4.74 Å². The van der Waals surface area contributed by atoms with Crippen LogP contribution in [0.25, 0.3) is 0 Å². The first-order valence-corrected chi connectivity index (χ1v) is 6.81. The minimum absolute atomic E-state index is 0.105. The van der Waals surface area contributed by atoms with Crippen LogP contribution in [-0.2, 0) is 5.75 Å². The highest BCUT2D eigenvalue weighted by Gasteiger charge is 2.03. The Bertz CT molecular complexity index is 404. The molecule has 0 aliphatic carbocycles. The van der Waals surface area contributed by atoms with Gasteiger partial charge in [0.1, 0.15) is 12.4 Å². The van der Waals surface area contributed by atoms with Gasteiger partial charge < -0.3 is 9.84 Å². The van der Waals surface area contributed by atoms with Crippen LogP contribution in [0.15, 0.2) is 18.2 Å². The number of hydrogen-bond acceptors (Lipinski definition) is 3. The van der Waals surface area contributed by atoms with E-state index in [1.54, 1.807) is 7.11 Å². The summed E-state index contributed by atoms with van der Waals surface area (Å²) in [5.74, 6) is 8.56. The fourth-order valence-corrected chi connectivity index (χ4v) is 2.32. The molecule has 0 radical (unpaired) electrons. The first kappa shape index (κ1) is 14.0. The second kappa shape index (κ2) is 8.05. The van der Waals surface area contributed by atoms with Crippen molar-refractivity contribution in [2.45, 2.75) is 19.1 Å². The summed E-state index contributed by atoms with van der Waals surface area (Å²) < 4.78 is 5.32. The lowest BCUT2D eigenvalue weighted by molar-refractivity contribution is 0.350. The Labute approximate surface area is 107 Å². The van der Waals surface area contributed by atoms with E-state index in [0.717, 1.165) is 28.4 Å². The molecule has 17 heavy (non-hydrogen) atoms. The Kier molecular flexibility index (Phi) is 6.61. The summed E-state index contributed by atoms with van der Waals surface area (Å²) in [4.78, 5) is 0. The van der Waals surface area contributed by atoms with E-state index in [1.165, 1.54) is 6.42 Å². The SMILES string of the molecule is CCCSCc1cc(C#CCO)ccc1OC. The number of rotatable bonds is 5. The van der Waals surface area contributed by atoms with E-state index in [-0.39, 0.29) is 6.61 Å². The van der Waals surface area contributed by atoms with Crippen molar-refractivity contribution in [2.24, 2.45) is 0 Å². The molecule has 1 N–H and O–H groups in total. The van der Waals surface area contributed by atoms with Crippen LogP contribution in [0.3, 0.4) is 0 Å². The molecule has 0 unspecified atom stereocenters. The zero-order chi connectivity index (χ0) is 12.5. The van der Waals surface area contributed by atoms with Crippen LogP contribution in [0.1, 0.15) is 24.5 Å². The van der Waals surface area contributed by atoms with Crippen molar-refractivity contribution >= 4 is 11.8 Å². The molecule has 92 valence electrons. The lowest BCUT2D eigenvalue weighted by Crippen LogP contribution is -1.92. The van der Waals surface area contributed by atoms with Crippen LogP contribution >= 0.6 is 11.8 Å². The maximum atomic E-state index is 8.67. The summed E-state index contributed by atoms with van der Waals surface area (Å²) in [6, 6.07) is 5.88. The molecule has 0 saturated carbocycles. The largest absolute Gasteiger partial charge is 0.496 e. The molecule has 0 aliphatic rings. The molecule has 3 heteroatoms. The highest BCUT2D eigenvalue weighted by Crippen LogP contribution is 2.24. The van der Waals surface area contributed by atoms with Crippen molar-refractivity contribution < 1.29 is 9.84 Å². The number of benzene rings is 1. The molecule has 1 rings (SSSR count). The first-order chi connectivity index (χ1) is 8.31. The minimum Gasteiger partial charge on any atom is -0.496 e. The zero-order valence-electron chi connectivity index (χ0n) is 10.3. The third-order valence-corrected chi connectivity index (χ3v) is 3.41. The number of methoxy groups -OCH3 is 1. The van der Waals surface area contributed by atoms with Crippen molar-refractivity contribution in [1.82, 2.24) is 0 Å². The average molecular weight is 250 g/mol. The third-order valence-electron chi connectivity index (χ3n) is 2.20. The Balaban J connectivity index is 2.82. The first-order valence-electron chi connectivity index (χ1n) is 5.66. The van der Waals surface area contributed by atoms with Gasteiger partial charge in [0, 0.05) is 16.9 Å². The smallest absolute Gasteiger partial charge is 0.122 e. The third kappa shape index (κ3) is 4.72. The van der Waals surface area contributed by atoms with Crippen LogP contribution in [0.2, 0.25) is 0 Å². The van der Waals surface area contributed by atoms with Crippen LogP contribution in [0.4, 0.5) is 0 Å². The second-order valence-corrected chi connectivity index (χ2v) is 4.64. The molecule has 0 atom stereocenters. The summed E-state index contributed by atoms with van der Waals surface area (Å²) in [5, 5.41) is 8.67. The number of hydrogen-bond donors (Lipinski definition) is 1. The van der Waals surface area contributed by atoms with Gasteiger partial charge in [-0.05, 0) is 30.4 Å². The van der Waals surface area contributed by atoms with Crippen LogP contribution in [0, 0.1) is 11.8 Å². The van der Waals surface area contributed by atoms with E-state index >= 15 is 0 Å². The predicted molar refractivity (Wildman–Crippen MR) is 73.4 cm³/mol. The minimum atomic E-state index is -0.105. The lowest BCUT2D eigenvalue weighted by Gasteiger charge is -2.08. The zero-order valence-corrected chi connectivity index (χ0v) is 11.1. The van der Waals surface area contributed by atoms with Gasteiger partial charge in [-0.25, -0.2) is 0 Å². The normalized spacial score (nSPS) is 9.59. The molecule has 1 aromatic rings. The monoisotopic (exact) mass is 250 g/mol. The second-order valence-electron chi connectivity index (χ2n) is 3.54. The summed E-state index contributed by atoms with van der Waals surface area (Å²) in [7, 11) is 1.68. The molecule has 0 saturated heterocycles. The molecule has 1 aromatic carbocycles. The molecule has 0 spiro atoms. The quantitative estimate of drug-likeness (QED) is 0.643. The summed E-state index contributed by atoms with van der Waals surface area (Å²) >= 11 is 1.89. The maximum Gasteiger partial charge on any atom is 0.122 e. The van der Waals surface area contributed by atoms with Gasteiger partial charge in [-0.2, -0.15) is 11.8 Å². The van der Waals surface area contributed by atoms with Crippen molar-refractivity contribution in [3.63, 3.8) is 0 Å². The Hall–Kier alpha value is -1.11. The summed E-state index contributed by atoms with van der Waals surface area (Å²) in [6.45, 7) is 2.07. The standard InChI is InChI=1S/C14H18O2S/c1-3-9-17-11-13-10-12(5-4-8-15)6-7-14(13)16-2/h6-7,10,15H,3,8-9,11H2,1-2H3. The predicted octanol–water partition coefficient (Wildman–Crippen LogP) is 2.68. The van der Waals surface area contributed by atoms with Crippen molar-refractivity contribution in [2.75, 3.05) is 19.5 Å². The molecule has 2 nitrogen and oxygen atoms in total. The summed E-state index contributed by atoms with van der Waals surface area (Å²) in [5.41, 5.74) is 2.09. The number of aliphatic hydroxyl groups is 1. The molecule has 0 aliphatic heterocycles. The van der Waals surface area contributed by atoms with Crippen LogP contribution in [-0.4, -0.2) is 24.6 Å². The van der Waals surface area contributed by atoms with Gasteiger partial charge in [0.05, 0.1) is 7.11 Å². The Morgan fingerprint density at radius 2 is 2.24 bits per heavy atom. The van der Waals surface area contributed by atoms with Gasteiger partial charge in [-0.3, -0.25) is 0 Å². The molecule has 0 amide bonds. The van der Waals surface area contributed by atoms with E-state index in [1.807, 2.05) is 30.0 Å². The highest BCUT2D eigenvalue weighted by molar-refractivity contribution is 7.98. The molecular weight excluding hydrogens is 232 g/mol. The number of ether oxygens (including phenoxy) is 1. The summed E-state index contributed by atoms with van der Waals surface area (Å²) in [6.07, 6.45) is 1.18. The highest BCUT2D eigenvalue weighted by atomic mass is 32.2. The van der Waals surface area contributed by atoms with E-state index in [9.17, 15) is 0 Å². The molecule has 0 bridgehead atoms. The van der Waals surface area contributed by atoms with Gasteiger partial charge in [0.25, 0.3) is 0 Å². The Morgan fingerprint density at radius 1 is 1.41 bits per heavy atom. The molecule has 0 fully saturated rings. The topological polar surface area (TPSA) is 29.5 Å². The van der Waals surface area contributed by atoms with Gasteiger partial charge >= 0.3 is 0 Å². The van der Waals surface area contributed by atoms with E-state index in [0.29, 0.717) is 0 Å². The van der Waals surface area contributed by atoms with Crippen molar-refractivity contribution in [3.8, 4) is 17.6 Å². The van der Waals surface area contributed by atoms with E-state index in [2.05, 4.69) is 18.8 Å². The molecular formula is C14H18O2S. The van der Waals surface area contributed by atoms with Gasteiger partial charge in [0.2, 0.25) is 0 Å². The van der Waals surface area contributed by atoms with Crippen molar-refractivity contribution in [3.05, 3.63) is 29.3 Å². The number of aliphatic hydroxyl groups excluding tert-OH is 1. The number of thioether (sulfide) groups is 1. The molecule has 0 heterocycles. The van der Waals surface area contributed by atoms with Crippen LogP contribution in [0.5, 0.6) is 5.75 Å². The fraction of sp³-hybridized carbons (Fsp3) is 0.429. The lowest BCUT2D eigenvalue weighted by atomic mass is 10.1. The van der Waals surface area contributed by atoms with Gasteiger partial charge in [-0.15, -0.1) is 0 Å². The van der Waals surface area contributed by atoms with Gasteiger partial charge in [-0.1, -0.05) is 18.8 Å². The fourth-order valence-electron chi connectivity index (χ4n) is 1.44. The van der Waals surface area contributed by atoms with E-state index in [4.69, 9.17) is 9.84 Å². The maximum absolute atomic E-state index is 8.67.